The van der Waals surface area contributed by atoms with Gasteiger partial charge in [0.1, 0.15) is 18.1 Å². The van der Waals surface area contributed by atoms with Crippen LogP contribution in [-0.4, -0.2) is 32.3 Å². The molecule has 126 valence electrons. The molecule has 1 aromatic carbocycles. The molecular weight excluding hydrogens is 320 g/mol. The molecule has 0 aliphatic carbocycles. The fraction of sp³-hybridized carbons (Fsp3) is 0.250. The van der Waals surface area contributed by atoms with Crippen molar-refractivity contribution in [3.05, 3.63) is 47.0 Å². The number of phenols is 1. The summed E-state index contributed by atoms with van der Waals surface area (Å²) in [7, 11) is 0. The van der Waals surface area contributed by atoms with E-state index in [1.807, 2.05) is 0 Å². The molecule has 3 aromatic rings. The van der Waals surface area contributed by atoms with Crippen LogP contribution in [0.3, 0.4) is 0 Å². The first-order valence-electron chi connectivity index (χ1n) is 7.33. The average molecular weight is 335 g/mol. The van der Waals surface area contributed by atoms with Gasteiger partial charge in [0.15, 0.2) is 5.65 Å². The van der Waals surface area contributed by atoms with Crippen LogP contribution in [0.2, 0.25) is 0 Å². The molecule has 0 aliphatic rings. The fourth-order valence-electron chi connectivity index (χ4n) is 2.49. The van der Waals surface area contributed by atoms with Gasteiger partial charge < -0.3 is 9.84 Å². The number of halogens is 2. The highest BCUT2D eigenvalue weighted by molar-refractivity contribution is 5.75. The van der Waals surface area contributed by atoms with Crippen molar-refractivity contribution in [2.75, 3.05) is 6.61 Å². The zero-order valence-corrected chi connectivity index (χ0v) is 12.8. The van der Waals surface area contributed by atoms with Gasteiger partial charge in [0.05, 0.1) is 17.4 Å². The first-order chi connectivity index (χ1) is 11.5. The molecule has 2 heterocycles. The number of fused-ring (bicyclic) bond motifs is 1. The van der Waals surface area contributed by atoms with Crippen LogP contribution in [0.5, 0.6) is 11.5 Å². The SMILES string of the molecule is CCn1c(=O)n(-c2ccc(O)cc2)c2ncc(OCC(F)F)cc21. The van der Waals surface area contributed by atoms with Crippen LogP contribution in [0.15, 0.2) is 41.3 Å². The smallest absolute Gasteiger partial charge is 0.334 e. The normalized spacial score (nSPS) is 11.3. The number of aromatic hydroxyl groups is 1. The van der Waals surface area contributed by atoms with E-state index in [9.17, 15) is 18.7 Å². The molecule has 0 unspecified atom stereocenters. The predicted molar refractivity (Wildman–Crippen MR) is 84.2 cm³/mol. The molecule has 0 radical (unpaired) electrons. The minimum absolute atomic E-state index is 0.0849. The predicted octanol–water partition coefficient (Wildman–Crippen LogP) is 2.56. The molecule has 24 heavy (non-hydrogen) atoms. The van der Waals surface area contributed by atoms with E-state index in [1.54, 1.807) is 19.1 Å². The summed E-state index contributed by atoms with van der Waals surface area (Å²) in [5.41, 5.74) is 1.11. The number of aromatic nitrogens is 3. The Balaban J connectivity index is 2.15. The fourth-order valence-corrected chi connectivity index (χ4v) is 2.49. The Bertz CT molecular complexity index is 917. The molecule has 2 aromatic heterocycles. The Morgan fingerprint density at radius 3 is 2.62 bits per heavy atom. The number of rotatable bonds is 5. The van der Waals surface area contributed by atoms with Crippen molar-refractivity contribution >= 4 is 11.2 Å². The van der Waals surface area contributed by atoms with Crippen LogP contribution in [0.1, 0.15) is 6.92 Å². The summed E-state index contributed by atoms with van der Waals surface area (Å²) in [5.74, 6) is 0.259. The molecule has 0 fully saturated rings. The highest BCUT2D eigenvalue weighted by Gasteiger charge is 2.16. The van der Waals surface area contributed by atoms with E-state index >= 15 is 0 Å². The van der Waals surface area contributed by atoms with Crippen LogP contribution in [0, 0.1) is 0 Å². The number of imidazole rings is 1. The Morgan fingerprint density at radius 2 is 2.00 bits per heavy atom. The zero-order chi connectivity index (χ0) is 17.3. The van der Waals surface area contributed by atoms with E-state index in [4.69, 9.17) is 4.74 Å². The maximum absolute atomic E-state index is 12.6. The van der Waals surface area contributed by atoms with Crippen LogP contribution < -0.4 is 10.4 Å². The molecule has 0 spiro atoms. The number of benzene rings is 1. The molecule has 0 atom stereocenters. The minimum Gasteiger partial charge on any atom is -0.508 e. The number of hydrogen-bond acceptors (Lipinski definition) is 4. The molecule has 1 N–H and O–H groups in total. The third-order valence-electron chi connectivity index (χ3n) is 3.55. The summed E-state index contributed by atoms with van der Waals surface area (Å²) in [4.78, 5) is 16.8. The minimum atomic E-state index is -2.59. The van der Waals surface area contributed by atoms with Gasteiger partial charge >= 0.3 is 5.69 Å². The quantitative estimate of drug-likeness (QED) is 0.778. The molecule has 6 nitrogen and oxygen atoms in total. The molecule has 0 amide bonds. The molecule has 3 rings (SSSR count). The van der Waals surface area contributed by atoms with Gasteiger partial charge in [0, 0.05) is 12.6 Å². The number of ether oxygens (including phenoxy) is 1. The Morgan fingerprint density at radius 1 is 1.29 bits per heavy atom. The second-order valence-electron chi connectivity index (χ2n) is 5.09. The molecular formula is C16H15F2N3O3. The number of alkyl halides is 2. The van der Waals surface area contributed by atoms with Crippen LogP contribution in [0.4, 0.5) is 8.78 Å². The van der Waals surface area contributed by atoms with Gasteiger partial charge in [0.2, 0.25) is 0 Å². The van der Waals surface area contributed by atoms with Crippen molar-refractivity contribution in [3.63, 3.8) is 0 Å². The summed E-state index contributed by atoms with van der Waals surface area (Å²) in [6.07, 6.45) is -1.28. The van der Waals surface area contributed by atoms with Crippen molar-refractivity contribution in [3.8, 4) is 17.2 Å². The van der Waals surface area contributed by atoms with Gasteiger partial charge in [-0.15, -0.1) is 0 Å². The molecule has 0 saturated heterocycles. The Labute approximate surface area is 135 Å². The lowest BCUT2D eigenvalue weighted by molar-refractivity contribution is 0.0818. The summed E-state index contributed by atoms with van der Waals surface area (Å²) in [6, 6.07) is 7.65. The number of aryl methyl sites for hydroxylation is 1. The average Bonchev–Trinajstić information content (AvgIpc) is 2.84. The second-order valence-corrected chi connectivity index (χ2v) is 5.09. The third kappa shape index (κ3) is 2.82. The summed E-state index contributed by atoms with van der Waals surface area (Å²) < 4.78 is 32.4. The topological polar surface area (TPSA) is 69.3 Å². The standard InChI is InChI=1S/C16H15F2N3O3/c1-2-20-13-7-12(24-9-14(17)18)8-19-15(13)21(16(20)23)10-3-5-11(22)6-4-10/h3-8,14,22H,2,9H2,1H3. The lowest BCUT2D eigenvalue weighted by Crippen LogP contribution is -2.22. The van der Waals surface area contributed by atoms with Gasteiger partial charge in [0.25, 0.3) is 6.43 Å². The van der Waals surface area contributed by atoms with Gasteiger partial charge in [-0.25, -0.2) is 23.1 Å². The van der Waals surface area contributed by atoms with E-state index < -0.39 is 13.0 Å². The van der Waals surface area contributed by atoms with Crippen molar-refractivity contribution in [2.45, 2.75) is 19.9 Å². The number of nitrogens with zero attached hydrogens (tertiary/aromatic N) is 3. The molecule has 0 bridgehead atoms. The number of pyridine rings is 1. The monoisotopic (exact) mass is 335 g/mol. The van der Waals surface area contributed by atoms with Crippen molar-refractivity contribution in [1.82, 2.24) is 14.1 Å². The van der Waals surface area contributed by atoms with E-state index in [2.05, 4.69) is 4.98 Å². The van der Waals surface area contributed by atoms with Gasteiger partial charge in [-0.1, -0.05) is 0 Å². The second kappa shape index (κ2) is 6.31. The van der Waals surface area contributed by atoms with Gasteiger partial charge in [-0.2, -0.15) is 0 Å². The highest BCUT2D eigenvalue weighted by atomic mass is 19.3. The van der Waals surface area contributed by atoms with Crippen LogP contribution >= 0.6 is 0 Å². The van der Waals surface area contributed by atoms with E-state index in [1.165, 1.54) is 33.5 Å². The molecule has 8 heteroatoms. The van der Waals surface area contributed by atoms with Crippen LogP contribution in [-0.2, 0) is 6.54 Å². The van der Waals surface area contributed by atoms with Crippen molar-refractivity contribution in [1.29, 1.82) is 0 Å². The van der Waals surface area contributed by atoms with Gasteiger partial charge in [-0.05, 0) is 31.2 Å². The molecule has 0 saturated carbocycles. The van der Waals surface area contributed by atoms with E-state index in [0.717, 1.165) is 0 Å². The van der Waals surface area contributed by atoms with Crippen molar-refractivity contribution in [2.24, 2.45) is 0 Å². The highest BCUT2D eigenvalue weighted by Crippen LogP contribution is 2.22. The summed E-state index contributed by atoms with van der Waals surface area (Å²) in [5, 5.41) is 9.39. The lowest BCUT2D eigenvalue weighted by Gasteiger charge is -2.06. The van der Waals surface area contributed by atoms with Crippen LogP contribution in [0.25, 0.3) is 16.9 Å². The summed E-state index contributed by atoms with van der Waals surface area (Å²) >= 11 is 0. The molecule has 0 aliphatic heterocycles. The van der Waals surface area contributed by atoms with E-state index in [-0.39, 0.29) is 17.2 Å². The Kier molecular flexibility index (Phi) is 4.20. The first-order valence-corrected chi connectivity index (χ1v) is 7.33. The largest absolute Gasteiger partial charge is 0.508 e. The van der Waals surface area contributed by atoms with Crippen molar-refractivity contribution < 1.29 is 18.6 Å². The maximum atomic E-state index is 12.6. The maximum Gasteiger partial charge on any atom is 0.334 e. The number of hydrogen-bond donors (Lipinski definition) is 1. The third-order valence-corrected chi connectivity index (χ3v) is 3.55. The summed E-state index contributed by atoms with van der Waals surface area (Å²) in [6.45, 7) is 1.46. The Hall–Kier alpha value is -2.90. The van der Waals surface area contributed by atoms with E-state index in [0.29, 0.717) is 23.4 Å². The first kappa shape index (κ1) is 16.0. The lowest BCUT2D eigenvalue weighted by atomic mass is 10.3. The zero-order valence-electron chi connectivity index (χ0n) is 12.8. The van der Waals surface area contributed by atoms with Gasteiger partial charge in [-0.3, -0.25) is 4.57 Å². The number of phenolic OH excluding ortho intramolecular Hbond substituents is 1.